The molecule has 7 heteroatoms. The van der Waals surface area contributed by atoms with Crippen LogP contribution in [-0.2, 0) is 6.61 Å². The Morgan fingerprint density at radius 1 is 1.29 bits per heavy atom. The Morgan fingerprint density at radius 2 is 2.05 bits per heavy atom. The maximum absolute atomic E-state index is 11.0. The highest BCUT2D eigenvalue weighted by Gasteiger charge is 2.15. The van der Waals surface area contributed by atoms with Gasteiger partial charge in [0, 0.05) is 16.7 Å². The van der Waals surface area contributed by atoms with Crippen LogP contribution in [0.1, 0.15) is 15.9 Å². The molecule has 0 heterocycles. The number of nitrogens with zero attached hydrogens (tertiary/aromatic N) is 1. The predicted octanol–water partition coefficient (Wildman–Crippen LogP) is 4.40. The van der Waals surface area contributed by atoms with E-state index in [4.69, 9.17) is 16.3 Å². The summed E-state index contributed by atoms with van der Waals surface area (Å²) in [6.07, 6.45) is 0.719. The van der Waals surface area contributed by atoms with Crippen LogP contribution in [0.3, 0.4) is 0 Å². The molecule has 0 aliphatic heterocycles. The molecule has 2 aromatic carbocycles. The lowest BCUT2D eigenvalue weighted by molar-refractivity contribution is -0.385. The Balaban J connectivity index is 2.22. The van der Waals surface area contributed by atoms with Crippen LogP contribution >= 0.6 is 27.5 Å². The highest BCUT2D eigenvalue weighted by molar-refractivity contribution is 9.10. The SMILES string of the molecule is O=Cc1ccc(OCc2cc(Cl)ccc2[N+](=O)[O-])c(Br)c1. The second-order valence-electron chi connectivity index (χ2n) is 4.13. The number of aldehydes is 1. The van der Waals surface area contributed by atoms with Crippen LogP contribution in [0.2, 0.25) is 5.02 Å². The Labute approximate surface area is 133 Å². The van der Waals surface area contributed by atoms with Crippen molar-refractivity contribution in [1.29, 1.82) is 0 Å². The molecular weight excluding hydrogens is 362 g/mol. The van der Waals surface area contributed by atoms with Gasteiger partial charge in [0.15, 0.2) is 0 Å². The van der Waals surface area contributed by atoms with Gasteiger partial charge in [0.25, 0.3) is 5.69 Å². The third-order valence-corrected chi connectivity index (χ3v) is 3.57. The monoisotopic (exact) mass is 369 g/mol. The normalized spacial score (nSPS) is 10.2. The number of rotatable bonds is 5. The van der Waals surface area contributed by atoms with Crippen molar-refractivity contribution in [3.05, 3.63) is 67.1 Å². The Bertz CT molecular complexity index is 705. The zero-order chi connectivity index (χ0) is 15.4. The maximum atomic E-state index is 11.0. The molecule has 0 unspecified atom stereocenters. The standard InChI is InChI=1S/C14H9BrClNO4/c15-12-5-9(7-18)1-4-14(12)21-8-10-6-11(16)2-3-13(10)17(19)20/h1-7H,8H2. The second kappa shape index (κ2) is 6.69. The summed E-state index contributed by atoms with van der Waals surface area (Å²) in [4.78, 5) is 21.1. The molecule has 2 aromatic rings. The van der Waals surface area contributed by atoms with Gasteiger partial charge in [0.05, 0.1) is 15.0 Å². The van der Waals surface area contributed by atoms with Gasteiger partial charge in [-0.1, -0.05) is 11.6 Å². The molecule has 0 saturated heterocycles. The minimum Gasteiger partial charge on any atom is -0.487 e. The van der Waals surface area contributed by atoms with Crippen molar-refractivity contribution >= 4 is 39.5 Å². The Hall–Kier alpha value is -1.92. The van der Waals surface area contributed by atoms with Crippen molar-refractivity contribution in [3.8, 4) is 5.75 Å². The zero-order valence-electron chi connectivity index (χ0n) is 10.6. The molecular formula is C14H9BrClNO4. The summed E-state index contributed by atoms with van der Waals surface area (Å²) in [6.45, 7) is -0.00406. The van der Waals surface area contributed by atoms with Crippen LogP contribution in [0.25, 0.3) is 0 Å². The second-order valence-corrected chi connectivity index (χ2v) is 5.42. The van der Waals surface area contributed by atoms with Crippen LogP contribution in [0, 0.1) is 10.1 Å². The summed E-state index contributed by atoms with van der Waals surface area (Å²) in [5.74, 6) is 0.481. The molecule has 0 amide bonds. The van der Waals surface area contributed by atoms with Crippen LogP contribution in [0.5, 0.6) is 5.75 Å². The topological polar surface area (TPSA) is 69.4 Å². The van der Waals surface area contributed by atoms with Crippen LogP contribution in [0.15, 0.2) is 40.9 Å². The molecule has 0 atom stereocenters. The first-order valence-electron chi connectivity index (χ1n) is 5.81. The van der Waals surface area contributed by atoms with Crippen molar-refractivity contribution in [2.45, 2.75) is 6.61 Å². The summed E-state index contributed by atoms with van der Waals surface area (Å²) in [7, 11) is 0. The Morgan fingerprint density at radius 3 is 2.67 bits per heavy atom. The smallest absolute Gasteiger partial charge is 0.276 e. The molecule has 0 aliphatic rings. The number of carbonyl (C=O) groups is 1. The van der Waals surface area contributed by atoms with E-state index in [-0.39, 0.29) is 12.3 Å². The fourth-order valence-corrected chi connectivity index (χ4v) is 2.42. The molecule has 2 rings (SSSR count). The molecule has 21 heavy (non-hydrogen) atoms. The lowest BCUT2D eigenvalue weighted by atomic mass is 10.2. The minimum absolute atomic E-state index is 0.00406. The van der Waals surface area contributed by atoms with Crippen molar-refractivity contribution in [2.24, 2.45) is 0 Å². The van der Waals surface area contributed by atoms with E-state index in [9.17, 15) is 14.9 Å². The Kier molecular flexibility index (Phi) is 4.93. The van der Waals surface area contributed by atoms with Crippen LogP contribution < -0.4 is 4.74 Å². The van der Waals surface area contributed by atoms with Gasteiger partial charge in [0.1, 0.15) is 18.6 Å². The molecule has 0 bridgehead atoms. The molecule has 0 saturated carbocycles. The van der Waals surface area contributed by atoms with Crippen LogP contribution in [0.4, 0.5) is 5.69 Å². The van der Waals surface area contributed by atoms with Crippen molar-refractivity contribution in [3.63, 3.8) is 0 Å². The molecule has 5 nitrogen and oxygen atoms in total. The van der Waals surface area contributed by atoms with Gasteiger partial charge in [0.2, 0.25) is 0 Å². The number of carbonyl (C=O) groups excluding carboxylic acids is 1. The van der Waals surface area contributed by atoms with E-state index in [0.717, 1.165) is 6.29 Å². The number of hydrogen-bond acceptors (Lipinski definition) is 4. The van der Waals surface area contributed by atoms with E-state index in [0.29, 0.717) is 26.4 Å². The lowest BCUT2D eigenvalue weighted by Gasteiger charge is -2.09. The van der Waals surface area contributed by atoms with Gasteiger partial charge in [-0.25, -0.2) is 0 Å². The lowest BCUT2D eigenvalue weighted by Crippen LogP contribution is -2.01. The van der Waals surface area contributed by atoms with Crippen molar-refractivity contribution < 1.29 is 14.5 Å². The quantitative estimate of drug-likeness (QED) is 0.444. The van der Waals surface area contributed by atoms with Gasteiger partial charge < -0.3 is 4.74 Å². The molecule has 0 aromatic heterocycles. The highest BCUT2D eigenvalue weighted by Crippen LogP contribution is 2.28. The first-order chi connectivity index (χ1) is 10.0. The van der Waals surface area contributed by atoms with E-state index >= 15 is 0 Å². The summed E-state index contributed by atoms with van der Waals surface area (Å²) in [5.41, 5.74) is 0.821. The van der Waals surface area contributed by atoms with Gasteiger partial charge >= 0.3 is 0 Å². The first-order valence-corrected chi connectivity index (χ1v) is 6.98. The van der Waals surface area contributed by atoms with E-state index in [2.05, 4.69) is 15.9 Å². The third kappa shape index (κ3) is 3.80. The summed E-state index contributed by atoms with van der Waals surface area (Å²) < 4.78 is 6.14. The van der Waals surface area contributed by atoms with Gasteiger partial charge in [-0.3, -0.25) is 14.9 Å². The molecule has 0 radical (unpaired) electrons. The molecule has 0 spiro atoms. The fraction of sp³-hybridized carbons (Fsp3) is 0.0714. The molecule has 0 aliphatic carbocycles. The van der Waals surface area contributed by atoms with E-state index in [1.54, 1.807) is 18.2 Å². The highest BCUT2D eigenvalue weighted by atomic mass is 79.9. The summed E-state index contributed by atoms with van der Waals surface area (Å²) in [5, 5.41) is 11.4. The molecule has 108 valence electrons. The van der Waals surface area contributed by atoms with Gasteiger partial charge in [-0.2, -0.15) is 0 Å². The first kappa shape index (κ1) is 15.5. The van der Waals surface area contributed by atoms with E-state index in [1.165, 1.54) is 18.2 Å². The minimum atomic E-state index is -0.487. The third-order valence-electron chi connectivity index (χ3n) is 2.71. The zero-order valence-corrected chi connectivity index (χ0v) is 12.9. The number of benzene rings is 2. The number of nitro groups is 1. The molecule has 0 fully saturated rings. The predicted molar refractivity (Wildman–Crippen MR) is 82.0 cm³/mol. The average molecular weight is 371 g/mol. The van der Waals surface area contributed by atoms with Crippen molar-refractivity contribution in [2.75, 3.05) is 0 Å². The number of halogens is 2. The van der Waals surface area contributed by atoms with E-state index < -0.39 is 4.92 Å². The van der Waals surface area contributed by atoms with Gasteiger partial charge in [-0.15, -0.1) is 0 Å². The van der Waals surface area contributed by atoms with Gasteiger partial charge in [-0.05, 0) is 46.3 Å². The number of ether oxygens (including phenoxy) is 1. The number of hydrogen-bond donors (Lipinski definition) is 0. The van der Waals surface area contributed by atoms with Crippen LogP contribution in [-0.4, -0.2) is 11.2 Å². The van der Waals surface area contributed by atoms with Crippen molar-refractivity contribution in [1.82, 2.24) is 0 Å². The largest absolute Gasteiger partial charge is 0.487 e. The fourth-order valence-electron chi connectivity index (χ4n) is 1.71. The maximum Gasteiger partial charge on any atom is 0.276 e. The average Bonchev–Trinajstić information content (AvgIpc) is 2.45. The summed E-state index contributed by atoms with van der Waals surface area (Å²) in [6, 6.07) is 9.11. The summed E-state index contributed by atoms with van der Waals surface area (Å²) >= 11 is 9.13. The number of nitro benzene ring substituents is 1. The molecule has 0 N–H and O–H groups in total. The van der Waals surface area contributed by atoms with E-state index in [1.807, 2.05) is 0 Å².